The molecule has 1 aromatic heterocycles. The molecule has 0 aliphatic carbocycles. The second-order valence-electron chi connectivity index (χ2n) is 6.63. The molecule has 0 aliphatic rings. The number of sulfone groups is 1. The molecule has 152 valence electrons. The number of amides is 1. The van der Waals surface area contributed by atoms with Crippen LogP contribution in [0.4, 0.5) is 5.69 Å². The number of para-hydroxylation sites is 1. The molecule has 0 spiro atoms. The number of aryl methyl sites for hydroxylation is 2. The standard InChI is InChI=1S/C21H22N2O5S/c1-14-6-4-5-7-17(14)22-21(24)10-11-29(25,26)20-13-16(8-9-18(20)27-3)19-12-15(2)23-28-19/h4-9,12-13H,10-11H2,1-3H3,(H,22,24). The lowest BCUT2D eigenvalue weighted by molar-refractivity contribution is -0.115. The Morgan fingerprint density at radius 1 is 1.14 bits per heavy atom. The van der Waals surface area contributed by atoms with Crippen LogP contribution in [0.3, 0.4) is 0 Å². The summed E-state index contributed by atoms with van der Waals surface area (Å²) in [4.78, 5) is 12.3. The molecule has 0 radical (unpaired) electrons. The molecule has 1 amide bonds. The lowest BCUT2D eigenvalue weighted by Crippen LogP contribution is -2.18. The molecule has 7 nitrogen and oxygen atoms in total. The number of carbonyl (C=O) groups excluding carboxylic acids is 1. The van der Waals surface area contributed by atoms with Gasteiger partial charge in [0, 0.05) is 23.7 Å². The third-order valence-electron chi connectivity index (χ3n) is 4.43. The van der Waals surface area contributed by atoms with Gasteiger partial charge in [-0.3, -0.25) is 4.79 Å². The molecule has 0 saturated carbocycles. The zero-order valence-corrected chi connectivity index (χ0v) is 17.2. The van der Waals surface area contributed by atoms with Crippen LogP contribution < -0.4 is 10.1 Å². The Hall–Kier alpha value is -3.13. The first kappa shape index (κ1) is 20.6. The van der Waals surface area contributed by atoms with Gasteiger partial charge in [-0.05, 0) is 43.7 Å². The van der Waals surface area contributed by atoms with Gasteiger partial charge in [-0.2, -0.15) is 0 Å². The predicted molar refractivity (Wildman–Crippen MR) is 110 cm³/mol. The number of rotatable bonds is 7. The molecule has 1 heterocycles. The Labute approximate surface area is 169 Å². The van der Waals surface area contributed by atoms with Gasteiger partial charge in [0.2, 0.25) is 5.91 Å². The van der Waals surface area contributed by atoms with E-state index >= 15 is 0 Å². The topological polar surface area (TPSA) is 98.5 Å². The van der Waals surface area contributed by atoms with E-state index in [-0.39, 0.29) is 28.7 Å². The van der Waals surface area contributed by atoms with Gasteiger partial charge in [0.1, 0.15) is 10.6 Å². The van der Waals surface area contributed by atoms with Crippen molar-refractivity contribution in [2.75, 3.05) is 18.2 Å². The number of hydrogen-bond acceptors (Lipinski definition) is 6. The van der Waals surface area contributed by atoms with E-state index in [1.54, 1.807) is 37.3 Å². The zero-order valence-electron chi connectivity index (χ0n) is 16.4. The van der Waals surface area contributed by atoms with E-state index in [1.165, 1.54) is 13.2 Å². The highest BCUT2D eigenvalue weighted by molar-refractivity contribution is 7.91. The number of nitrogens with zero attached hydrogens (tertiary/aromatic N) is 1. The average Bonchev–Trinajstić information content (AvgIpc) is 3.14. The maximum atomic E-state index is 12.9. The normalized spacial score (nSPS) is 11.3. The molecule has 0 unspecified atom stereocenters. The van der Waals surface area contributed by atoms with Crippen molar-refractivity contribution in [2.45, 2.75) is 25.2 Å². The number of nitrogens with one attached hydrogen (secondary N) is 1. The third kappa shape index (κ3) is 4.83. The van der Waals surface area contributed by atoms with Gasteiger partial charge in [0.25, 0.3) is 0 Å². The van der Waals surface area contributed by atoms with Crippen LogP contribution in [0.15, 0.2) is 57.9 Å². The number of benzene rings is 2. The van der Waals surface area contributed by atoms with Crippen molar-refractivity contribution < 1.29 is 22.5 Å². The number of methoxy groups -OCH3 is 1. The number of ether oxygens (including phenoxy) is 1. The van der Waals surface area contributed by atoms with Gasteiger partial charge in [0.05, 0.1) is 18.6 Å². The molecule has 2 aromatic carbocycles. The zero-order chi connectivity index (χ0) is 21.0. The largest absolute Gasteiger partial charge is 0.495 e. The van der Waals surface area contributed by atoms with Crippen LogP contribution in [0.25, 0.3) is 11.3 Å². The molecule has 0 bridgehead atoms. The van der Waals surface area contributed by atoms with Crippen molar-refractivity contribution in [3.63, 3.8) is 0 Å². The van der Waals surface area contributed by atoms with Crippen molar-refractivity contribution in [1.29, 1.82) is 0 Å². The molecule has 0 fully saturated rings. The summed E-state index contributed by atoms with van der Waals surface area (Å²) in [6, 6.07) is 13.8. The molecule has 3 aromatic rings. The maximum absolute atomic E-state index is 12.9. The number of carbonyl (C=O) groups is 1. The van der Waals surface area contributed by atoms with Crippen molar-refractivity contribution in [3.05, 3.63) is 59.8 Å². The first-order valence-electron chi connectivity index (χ1n) is 9.00. The minimum atomic E-state index is -3.77. The highest BCUT2D eigenvalue weighted by Crippen LogP contribution is 2.31. The lowest BCUT2D eigenvalue weighted by atomic mass is 10.1. The van der Waals surface area contributed by atoms with Gasteiger partial charge in [-0.15, -0.1) is 0 Å². The third-order valence-corrected chi connectivity index (χ3v) is 6.16. The van der Waals surface area contributed by atoms with Crippen LogP contribution in [0, 0.1) is 13.8 Å². The van der Waals surface area contributed by atoms with Crippen molar-refractivity contribution >= 4 is 21.4 Å². The van der Waals surface area contributed by atoms with Crippen molar-refractivity contribution in [1.82, 2.24) is 5.16 Å². The van der Waals surface area contributed by atoms with E-state index in [1.807, 2.05) is 19.1 Å². The fourth-order valence-corrected chi connectivity index (χ4v) is 4.27. The second-order valence-corrected chi connectivity index (χ2v) is 8.71. The molecular formula is C21H22N2O5S. The van der Waals surface area contributed by atoms with E-state index in [0.29, 0.717) is 22.7 Å². The summed E-state index contributed by atoms with van der Waals surface area (Å²) in [6.45, 7) is 3.65. The maximum Gasteiger partial charge on any atom is 0.225 e. The summed E-state index contributed by atoms with van der Waals surface area (Å²) in [5.74, 6) is -0.0491. The van der Waals surface area contributed by atoms with E-state index in [0.717, 1.165) is 5.56 Å². The average molecular weight is 414 g/mol. The molecular weight excluding hydrogens is 392 g/mol. The SMILES string of the molecule is COc1ccc(-c2cc(C)no2)cc1S(=O)(=O)CCC(=O)Nc1ccccc1C. The van der Waals surface area contributed by atoms with E-state index in [2.05, 4.69) is 10.5 Å². The summed E-state index contributed by atoms with van der Waals surface area (Å²) in [7, 11) is -2.37. The molecule has 1 N–H and O–H groups in total. The van der Waals surface area contributed by atoms with Crippen LogP contribution >= 0.6 is 0 Å². The predicted octanol–water partition coefficient (Wildman–Crippen LogP) is 3.77. The fraction of sp³-hybridized carbons (Fsp3) is 0.238. The minimum Gasteiger partial charge on any atom is -0.495 e. The van der Waals surface area contributed by atoms with Crippen molar-refractivity contribution in [3.8, 4) is 17.1 Å². The number of anilines is 1. The van der Waals surface area contributed by atoms with E-state index in [9.17, 15) is 13.2 Å². The lowest BCUT2D eigenvalue weighted by Gasteiger charge is -2.11. The molecule has 0 atom stereocenters. The summed E-state index contributed by atoms with van der Waals surface area (Å²) in [5, 5.41) is 6.57. The van der Waals surface area contributed by atoms with Gasteiger partial charge in [0.15, 0.2) is 15.6 Å². The highest BCUT2D eigenvalue weighted by Gasteiger charge is 2.23. The molecule has 0 aliphatic heterocycles. The highest BCUT2D eigenvalue weighted by atomic mass is 32.2. The fourth-order valence-electron chi connectivity index (χ4n) is 2.84. The molecule has 0 saturated heterocycles. The summed E-state index contributed by atoms with van der Waals surface area (Å²) in [5.41, 5.74) is 2.82. The summed E-state index contributed by atoms with van der Waals surface area (Å²) >= 11 is 0. The van der Waals surface area contributed by atoms with E-state index in [4.69, 9.17) is 9.26 Å². The summed E-state index contributed by atoms with van der Waals surface area (Å²) in [6.07, 6.45) is -0.175. The second kappa shape index (κ2) is 8.48. The smallest absolute Gasteiger partial charge is 0.225 e. The first-order chi connectivity index (χ1) is 13.8. The van der Waals surface area contributed by atoms with Gasteiger partial charge in [-0.25, -0.2) is 8.42 Å². The van der Waals surface area contributed by atoms with Crippen LogP contribution in [0.1, 0.15) is 17.7 Å². The van der Waals surface area contributed by atoms with Crippen LogP contribution in [-0.2, 0) is 14.6 Å². The van der Waals surface area contributed by atoms with Gasteiger partial charge < -0.3 is 14.6 Å². The number of hydrogen-bond donors (Lipinski definition) is 1. The summed E-state index contributed by atoms with van der Waals surface area (Å²) < 4.78 is 36.3. The first-order valence-corrected chi connectivity index (χ1v) is 10.7. The van der Waals surface area contributed by atoms with Crippen LogP contribution in [-0.4, -0.2) is 32.3 Å². The monoisotopic (exact) mass is 414 g/mol. The van der Waals surface area contributed by atoms with Crippen molar-refractivity contribution in [2.24, 2.45) is 0 Å². The van der Waals surface area contributed by atoms with E-state index < -0.39 is 9.84 Å². The molecule has 8 heteroatoms. The van der Waals surface area contributed by atoms with Crippen LogP contribution in [0.2, 0.25) is 0 Å². The van der Waals surface area contributed by atoms with Crippen LogP contribution in [0.5, 0.6) is 5.75 Å². The Morgan fingerprint density at radius 2 is 1.90 bits per heavy atom. The Balaban J connectivity index is 1.79. The quantitative estimate of drug-likeness (QED) is 0.632. The van der Waals surface area contributed by atoms with Gasteiger partial charge >= 0.3 is 0 Å². The Bertz CT molecular complexity index is 1140. The molecule has 29 heavy (non-hydrogen) atoms. The number of aromatic nitrogens is 1. The Morgan fingerprint density at radius 3 is 2.55 bits per heavy atom. The Kier molecular flexibility index (Phi) is 6.03. The minimum absolute atomic E-state index is 0.00949. The van der Waals surface area contributed by atoms with Gasteiger partial charge in [-0.1, -0.05) is 23.4 Å². The molecule has 3 rings (SSSR count).